The van der Waals surface area contributed by atoms with Crippen LogP contribution in [0.5, 0.6) is 0 Å². The number of unbranched alkanes of at least 4 members (excludes halogenated alkanes) is 1. The summed E-state index contributed by atoms with van der Waals surface area (Å²) >= 11 is 7.17. The van der Waals surface area contributed by atoms with Gasteiger partial charge in [0.05, 0.1) is 12.1 Å². The van der Waals surface area contributed by atoms with Crippen molar-refractivity contribution in [3.05, 3.63) is 0 Å². The summed E-state index contributed by atoms with van der Waals surface area (Å²) in [7, 11) is 0. The maximum atomic E-state index is 11.1. The number of carbonyl (C=O) groups is 2. The molecule has 0 aliphatic carbocycles. The van der Waals surface area contributed by atoms with Crippen molar-refractivity contribution >= 4 is 34.6 Å². The minimum absolute atomic E-state index is 0.0452. The van der Waals surface area contributed by atoms with Gasteiger partial charge in [0.25, 0.3) is 0 Å². The van der Waals surface area contributed by atoms with Crippen LogP contribution < -0.4 is 10.6 Å². The van der Waals surface area contributed by atoms with Crippen LogP contribution in [0.25, 0.3) is 0 Å². The van der Waals surface area contributed by atoms with Gasteiger partial charge >= 0.3 is 6.03 Å². The lowest BCUT2D eigenvalue weighted by molar-refractivity contribution is -0.111. The second kappa shape index (κ2) is 5.27. The largest absolute Gasteiger partial charge is 0.332 e. The third-order valence-electron chi connectivity index (χ3n) is 3.05. The first kappa shape index (κ1) is 12.0. The summed E-state index contributed by atoms with van der Waals surface area (Å²) in [5.41, 5.74) is 0. The van der Waals surface area contributed by atoms with Gasteiger partial charge in [-0.15, -0.1) is 0 Å². The Kier molecular flexibility index (Phi) is 3.97. The zero-order chi connectivity index (χ0) is 11.5. The Morgan fingerprint density at radius 2 is 2.25 bits per heavy atom. The summed E-state index contributed by atoms with van der Waals surface area (Å²) in [6, 6.07) is 0.512. The number of halogens is 1. The quantitative estimate of drug-likeness (QED) is 0.448. The molecule has 2 saturated heterocycles. The Balaban J connectivity index is 1.70. The number of thioether (sulfide) groups is 1. The number of nitrogens with one attached hydrogen (secondary N) is 2. The van der Waals surface area contributed by atoms with E-state index in [4.69, 9.17) is 11.6 Å². The van der Waals surface area contributed by atoms with Crippen LogP contribution in [-0.2, 0) is 4.79 Å². The van der Waals surface area contributed by atoms with Gasteiger partial charge in [-0.3, -0.25) is 4.79 Å². The molecule has 2 N–H and O–H groups in total. The molecule has 3 unspecified atom stereocenters. The number of fused-ring (bicyclic) bond motifs is 1. The van der Waals surface area contributed by atoms with Gasteiger partial charge in [0.2, 0.25) is 5.24 Å². The number of carbonyl (C=O) groups excluding carboxylic acids is 2. The average molecular weight is 263 g/mol. The maximum Gasteiger partial charge on any atom is 0.315 e. The normalized spacial score (nSPS) is 32.1. The molecule has 90 valence electrons. The standard InChI is InChI=1S/C10H15ClN2O2S/c11-8(14)4-2-1-3-7-9-6(5-16-7)12-10(15)13-9/h6-7,9H,1-5H2,(H2,12,13,15). The highest BCUT2D eigenvalue weighted by atomic mass is 35.5. The molecule has 2 fully saturated rings. The van der Waals surface area contributed by atoms with E-state index in [1.807, 2.05) is 11.8 Å². The van der Waals surface area contributed by atoms with Crippen molar-refractivity contribution in [2.45, 2.75) is 43.0 Å². The molecule has 0 radical (unpaired) electrons. The summed E-state index contributed by atoms with van der Waals surface area (Å²) in [5, 5.41) is 6.08. The van der Waals surface area contributed by atoms with Crippen LogP contribution in [0.1, 0.15) is 25.7 Å². The van der Waals surface area contributed by atoms with E-state index in [0.29, 0.717) is 11.7 Å². The number of amides is 2. The van der Waals surface area contributed by atoms with Crippen molar-refractivity contribution in [2.24, 2.45) is 0 Å². The lowest BCUT2D eigenvalue weighted by Gasteiger charge is -2.16. The van der Waals surface area contributed by atoms with E-state index in [0.717, 1.165) is 25.0 Å². The average Bonchev–Trinajstić information content (AvgIpc) is 2.72. The van der Waals surface area contributed by atoms with Crippen molar-refractivity contribution in [3.63, 3.8) is 0 Å². The maximum absolute atomic E-state index is 11.1. The molecule has 2 aliphatic heterocycles. The molecule has 0 aromatic carbocycles. The molecule has 0 bridgehead atoms. The van der Waals surface area contributed by atoms with Crippen molar-refractivity contribution in [2.75, 3.05) is 5.75 Å². The molecule has 16 heavy (non-hydrogen) atoms. The van der Waals surface area contributed by atoms with Gasteiger partial charge in [0.1, 0.15) is 0 Å². The van der Waals surface area contributed by atoms with Crippen LogP contribution in [0.3, 0.4) is 0 Å². The molecule has 3 atom stereocenters. The first-order chi connectivity index (χ1) is 7.66. The zero-order valence-electron chi connectivity index (χ0n) is 8.87. The lowest BCUT2D eigenvalue weighted by atomic mass is 10.0. The van der Waals surface area contributed by atoms with Gasteiger partial charge in [-0.25, -0.2) is 4.79 Å². The Bertz CT molecular complexity index is 301. The molecule has 0 aromatic heterocycles. The smallest absolute Gasteiger partial charge is 0.315 e. The van der Waals surface area contributed by atoms with Crippen molar-refractivity contribution in [1.82, 2.24) is 10.6 Å². The minimum atomic E-state index is -0.257. The predicted octanol–water partition coefficient (Wildman–Crippen LogP) is 1.48. The molecule has 4 nitrogen and oxygen atoms in total. The Morgan fingerprint density at radius 3 is 3.00 bits per heavy atom. The summed E-state index contributed by atoms with van der Waals surface area (Å²) in [5.74, 6) is 0.989. The number of hydrogen-bond donors (Lipinski definition) is 2. The number of urea groups is 1. The molecule has 2 rings (SSSR count). The third-order valence-corrected chi connectivity index (χ3v) is 4.75. The van der Waals surface area contributed by atoms with Crippen LogP contribution in [0.15, 0.2) is 0 Å². The topological polar surface area (TPSA) is 58.2 Å². The molecule has 0 saturated carbocycles. The van der Waals surface area contributed by atoms with Crippen LogP contribution >= 0.6 is 23.4 Å². The van der Waals surface area contributed by atoms with Crippen molar-refractivity contribution in [1.29, 1.82) is 0 Å². The van der Waals surface area contributed by atoms with Crippen molar-refractivity contribution in [3.8, 4) is 0 Å². The summed E-state index contributed by atoms with van der Waals surface area (Å²) in [6.07, 6.45) is 3.34. The first-order valence-corrected chi connectivity index (χ1v) is 6.96. The minimum Gasteiger partial charge on any atom is -0.332 e. The molecule has 2 aliphatic rings. The molecule has 2 heterocycles. The van der Waals surface area contributed by atoms with E-state index in [9.17, 15) is 9.59 Å². The number of hydrogen-bond acceptors (Lipinski definition) is 3. The highest BCUT2D eigenvalue weighted by Gasteiger charge is 2.42. The van der Waals surface area contributed by atoms with Gasteiger partial charge < -0.3 is 10.6 Å². The fourth-order valence-corrected chi connectivity index (χ4v) is 3.93. The van der Waals surface area contributed by atoms with E-state index in [1.165, 1.54) is 0 Å². The fourth-order valence-electron chi connectivity index (χ4n) is 2.25. The molecule has 2 amide bonds. The van der Waals surface area contributed by atoms with E-state index in [2.05, 4.69) is 10.6 Å². The van der Waals surface area contributed by atoms with E-state index < -0.39 is 0 Å². The highest BCUT2D eigenvalue weighted by molar-refractivity contribution is 8.00. The Hall–Kier alpha value is -0.420. The third kappa shape index (κ3) is 2.83. The second-order valence-corrected chi connectivity index (χ2v) is 5.92. The van der Waals surface area contributed by atoms with E-state index in [-0.39, 0.29) is 23.4 Å². The van der Waals surface area contributed by atoms with Crippen molar-refractivity contribution < 1.29 is 9.59 Å². The second-order valence-electron chi connectivity index (χ2n) is 4.22. The van der Waals surface area contributed by atoms with Gasteiger partial charge in [-0.1, -0.05) is 6.42 Å². The molecular formula is C10H15ClN2O2S. The summed E-state index contributed by atoms with van der Waals surface area (Å²) < 4.78 is 0. The highest BCUT2D eigenvalue weighted by Crippen LogP contribution is 2.33. The Morgan fingerprint density at radius 1 is 1.44 bits per heavy atom. The monoisotopic (exact) mass is 262 g/mol. The Labute approximate surface area is 104 Å². The van der Waals surface area contributed by atoms with Gasteiger partial charge in [-0.2, -0.15) is 11.8 Å². The van der Waals surface area contributed by atoms with Crippen LogP contribution in [0.4, 0.5) is 4.79 Å². The molecule has 6 heteroatoms. The number of rotatable bonds is 5. The fraction of sp³-hybridized carbons (Fsp3) is 0.800. The van der Waals surface area contributed by atoms with Crippen LogP contribution in [-0.4, -0.2) is 34.4 Å². The van der Waals surface area contributed by atoms with E-state index in [1.54, 1.807) is 0 Å². The first-order valence-electron chi connectivity index (χ1n) is 5.54. The van der Waals surface area contributed by atoms with Gasteiger partial charge in [-0.05, 0) is 24.4 Å². The predicted molar refractivity (Wildman–Crippen MR) is 64.8 cm³/mol. The van der Waals surface area contributed by atoms with Crippen LogP contribution in [0, 0.1) is 0 Å². The van der Waals surface area contributed by atoms with Gasteiger partial charge in [0, 0.05) is 17.4 Å². The summed E-state index contributed by atoms with van der Waals surface area (Å²) in [6.45, 7) is 0. The lowest BCUT2D eigenvalue weighted by Crippen LogP contribution is -2.36. The molecule has 0 spiro atoms. The zero-order valence-corrected chi connectivity index (χ0v) is 10.4. The van der Waals surface area contributed by atoms with Gasteiger partial charge in [0.15, 0.2) is 0 Å². The molecular weight excluding hydrogens is 248 g/mol. The summed E-state index contributed by atoms with van der Waals surface area (Å²) in [4.78, 5) is 21.7. The van der Waals surface area contributed by atoms with Crippen LogP contribution in [0.2, 0.25) is 0 Å². The molecule has 0 aromatic rings. The van der Waals surface area contributed by atoms with E-state index >= 15 is 0 Å². The SMILES string of the molecule is O=C(Cl)CCCCC1SCC2NC(=O)NC21.